The second-order valence-electron chi connectivity index (χ2n) is 3.94. The van der Waals surface area contributed by atoms with Crippen LogP contribution in [0.1, 0.15) is 6.42 Å². The van der Waals surface area contributed by atoms with Crippen molar-refractivity contribution in [2.24, 2.45) is 5.14 Å². The SMILES string of the molecule is COCCCOCCOc1ccc(S(N)(=O)=O)cc1F. The van der Waals surface area contributed by atoms with Gasteiger partial charge in [-0.3, -0.25) is 0 Å². The Hall–Kier alpha value is -1.22. The first-order valence-electron chi connectivity index (χ1n) is 5.97. The molecule has 0 aliphatic carbocycles. The van der Waals surface area contributed by atoms with E-state index in [2.05, 4.69) is 0 Å². The summed E-state index contributed by atoms with van der Waals surface area (Å²) >= 11 is 0. The van der Waals surface area contributed by atoms with Crippen LogP contribution < -0.4 is 9.88 Å². The van der Waals surface area contributed by atoms with Crippen molar-refractivity contribution in [1.29, 1.82) is 0 Å². The molecule has 0 atom stereocenters. The molecule has 2 N–H and O–H groups in total. The van der Waals surface area contributed by atoms with Crippen molar-refractivity contribution < 1.29 is 27.0 Å². The van der Waals surface area contributed by atoms with Crippen LogP contribution in [0.15, 0.2) is 23.1 Å². The third-order valence-corrected chi connectivity index (χ3v) is 3.27. The molecule has 1 aromatic rings. The zero-order chi connectivity index (χ0) is 15.0. The first kappa shape index (κ1) is 16.8. The summed E-state index contributed by atoms with van der Waals surface area (Å²) in [6.45, 7) is 1.62. The van der Waals surface area contributed by atoms with Crippen LogP contribution in [0.2, 0.25) is 0 Å². The lowest BCUT2D eigenvalue weighted by Gasteiger charge is -2.08. The monoisotopic (exact) mass is 307 g/mol. The molecule has 0 amide bonds. The number of ether oxygens (including phenoxy) is 3. The number of hydrogen-bond donors (Lipinski definition) is 1. The lowest BCUT2D eigenvalue weighted by molar-refractivity contribution is 0.0797. The molecule has 0 bridgehead atoms. The van der Waals surface area contributed by atoms with E-state index in [9.17, 15) is 12.8 Å². The molecule has 0 aromatic heterocycles. The van der Waals surface area contributed by atoms with Crippen LogP contribution in [0.4, 0.5) is 4.39 Å². The first-order chi connectivity index (χ1) is 9.45. The maximum absolute atomic E-state index is 13.6. The van der Waals surface area contributed by atoms with Gasteiger partial charge in [-0.25, -0.2) is 17.9 Å². The minimum Gasteiger partial charge on any atom is -0.488 e. The van der Waals surface area contributed by atoms with Crippen LogP contribution >= 0.6 is 0 Å². The summed E-state index contributed by atoms with van der Waals surface area (Å²) in [6, 6.07) is 3.23. The van der Waals surface area contributed by atoms with Gasteiger partial charge >= 0.3 is 0 Å². The van der Waals surface area contributed by atoms with Crippen molar-refractivity contribution in [2.45, 2.75) is 11.3 Å². The minimum atomic E-state index is -3.91. The van der Waals surface area contributed by atoms with E-state index in [1.54, 1.807) is 7.11 Å². The molecular formula is C12H18FNO5S. The fourth-order valence-corrected chi connectivity index (χ4v) is 1.92. The van der Waals surface area contributed by atoms with Gasteiger partial charge < -0.3 is 14.2 Å². The first-order valence-corrected chi connectivity index (χ1v) is 7.51. The highest BCUT2D eigenvalue weighted by molar-refractivity contribution is 7.89. The quantitative estimate of drug-likeness (QED) is 0.685. The molecule has 20 heavy (non-hydrogen) atoms. The minimum absolute atomic E-state index is 0.0436. The van der Waals surface area contributed by atoms with Gasteiger partial charge in [0.25, 0.3) is 0 Å². The van der Waals surface area contributed by atoms with E-state index in [1.807, 2.05) is 0 Å². The zero-order valence-corrected chi connectivity index (χ0v) is 12.0. The molecule has 0 aliphatic heterocycles. The molecule has 0 aliphatic rings. The fourth-order valence-electron chi connectivity index (χ4n) is 1.39. The molecular weight excluding hydrogens is 289 g/mol. The summed E-state index contributed by atoms with van der Waals surface area (Å²) in [6.07, 6.45) is 0.772. The van der Waals surface area contributed by atoms with Gasteiger partial charge in [-0.05, 0) is 24.6 Å². The average molecular weight is 307 g/mol. The fraction of sp³-hybridized carbons (Fsp3) is 0.500. The molecule has 1 rings (SSSR count). The number of benzene rings is 1. The normalized spacial score (nSPS) is 11.6. The van der Waals surface area contributed by atoms with E-state index in [0.717, 1.165) is 12.5 Å². The Morgan fingerprint density at radius 2 is 1.95 bits per heavy atom. The van der Waals surface area contributed by atoms with Crippen molar-refractivity contribution in [2.75, 3.05) is 33.5 Å². The summed E-state index contributed by atoms with van der Waals surface area (Å²) in [5.41, 5.74) is 0. The number of rotatable bonds is 9. The number of sulfonamides is 1. The Kier molecular flexibility index (Phi) is 6.86. The second kappa shape index (κ2) is 8.15. The van der Waals surface area contributed by atoms with E-state index in [4.69, 9.17) is 19.3 Å². The molecule has 0 fully saturated rings. The third-order valence-electron chi connectivity index (χ3n) is 2.35. The Labute approximate surface area is 117 Å². The van der Waals surface area contributed by atoms with Gasteiger partial charge in [0.15, 0.2) is 11.6 Å². The Morgan fingerprint density at radius 1 is 1.20 bits per heavy atom. The number of nitrogens with two attached hydrogens (primary N) is 1. The van der Waals surface area contributed by atoms with Crippen LogP contribution in [-0.4, -0.2) is 42.0 Å². The van der Waals surface area contributed by atoms with Crippen LogP contribution in [-0.2, 0) is 19.5 Å². The largest absolute Gasteiger partial charge is 0.488 e. The van der Waals surface area contributed by atoms with Gasteiger partial charge in [0.1, 0.15) is 6.61 Å². The lowest BCUT2D eigenvalue weighted by atomic mass is 10.3. The second-order valence-corrected chi connectivity index (χ2v) is 5.51. The lowest BCUT2D eigenvalue weighted by Crippen LogP contribution is -2.13. The summed E-state index contributed by atoms with van der Waals surface area (Å²) in [7, 11) is -2.30. The molecule has 0 saturated carbocycles. The highest BCUT2D eigenvalue weighted by Crippen LogP contribution is 2.20. The highest BCUT2D eigenvalue weighted by Gasteiger charge is 2.12. The van der Waals surface area contributed by atoms with E-state index >= 15 is 0 Å². The van der Waals surface area contributed by atoms with Gasteiger partial charge in [-0.1, -0.05) is 0 Å². The maximum atomic E-state index is 13.6. The summed E-state index contributed by atoms with van der Waals surface area (Å²) in [5.74, 6) is -0.825. The van der Waals surface area contributed by atoms with E-state index in [0.29, 0.717) is 19.8 Å². The van der Waals surface area contributed by atoms with E-state index in [-0.39, 0.29) is 17.3 Å². The van der Waals surface area contributed by atoms with Crippen molar-refractivity contribution in [3.63, 3.8) is 0 Å². The summed E-state index contributed by atoms with van der Waals surface area (Å²) < 4.78 is 50.8. The predicted octanol–water partition coefficient (Wildman–Crippen LogP) is 0.905. The molecule has 8 heteroatoms. The molecule has 114 valence electrons. The Bertz CT molecular complexity index is 521. The molecule has 0 radical (unpaired) electrons. The Balaban J connectivity index is 2.38. The molecule has 0 spiro atoms. The van der Waals surface area contributed by atoms with Gasteiger partial charge in [0.2, 0.25) is 10.0 Å². The van der Waals surface area contributed by atoms with Gasteiger partial charge in [-0.2, -0.15) is 0 Å². The van der Waals surface area contributed by atoms with E-state index < -0.39 is 15.8 Å². The Morgan fingerprint density at radius 3 is 2.55 bits per heavy atom. The maximum Gasteiger partial charge on any atom is 0.238 e. The molecule has 0 unspecified atom stereocenters. The van der Waals surface area contributed by atoms with E-state index in [1.165, 1.54) is 12.1 Å². The van der Waals surface area contributed by atoms with Crippen LogP contribution in [0.5, 0.6) is 5.75 Å². The van der Waals surface area contributed by atoms with Gasteiger partial charge in [-0.15, -0.1) is 0 Å². The third kappa shape index (κ3) is 5.83. The summed E-state index contributed by atoms with van der Waals surface area (Å²) in [5, 5.41) is 4.89. The number of methoxy groups -OCH3 is 1. The molecule has 0 saturated heterocycles. The number of hydrogen-bond acceptors (Lipinski definition) is 5. The zero-order valence-electron chi connectivity index (χ0n) is 11.2. The molecule has 0 heterocycles. The smallest absolute Gasteiger partial charge is 0.238 e. The van der Waals surface area contributed by atoms with Gasteiger partial charge in [0, 0.05) is 20.3 Å². The van der Waals surface area contributed by atoms with Gasteiger partial charge in [0.05, 0.1) is 11.5 Å². The van der Waals surface area contributed by atoms with Crippen molar-refractivity contribution >= 4 is 10.0 Å². The van der Waals surface area contributed by atoms with Crippen LogP contribution in [0, 0.1) is 5.82 Å². The van der Waals surface area contributed by atoms with Crippen molar-refractivity contribution in [3.8, 4) is 5.75 Å². The predicted molar refractivity (Wildman–Crippen MR) is 70.6 cm³/mol. The highest BCUT2D eigenvalue weighted by atomic mass is 32.2. The molecule has 1 aromatic carbocycles. The van der Waals surface area contributed by atoms with Crippen molar-refractivity contribution in [1.82, 2.24) is 0 Å². The standard InChI is InChI=1S/C12H18FNO5S/c1-17-5-2-6-18-7-8-19-12-4-3-10(9-11(12)13)20(14,15)16/h3-4,9H,2,5-8H2,1H3,(H2,14,15,16). The topological polar surface area (TPSA) is 87.8 Å². The van der Waals surface area contributed by atoms with Crippen molar-refractivity contribution in [3.05, 3.63) is 24.0 Å². The average Bonchev–Trinajstić information content (AvgIpc) is 2.38. The molecule has 6 nitrogen and oxygen atoms in total. The summed E-state index contributed by atoms with van der Waals surface area (Å²) in [4.78, 5) is -0.293. The van der Waals surface area contributed by atoms with Crippen LogP contribution in [0.25, 0.3) is 0 Å². The van der Waals surface area contributed by atoms with Crippen LogP contribution in [0.3, 0.4) is 0 Å². The number of primary sulfonamides is 1. The number of halogens is 1.